The maximum Gasteiger partial charge on any atom is 0.0839 e. The fourth-order valence-electron chi connectivity index (χ4n) is 6.52. The van der Waals surface area contributed by atoms with Crippen LogP contribution >= 0.6 is 0 Å². The van der Waals surface area contributed by atoms with Gasteiger partial charge < -0.3 is 9.84 Å². The smallest absolute Gasteiger partial charge is 0.0839 e. The Bertz CT molecular complexity index is 461. The lowest BCUT2D eigenvalue weighted by Gasteiger charge is -2.65. The lowest BCUT2D eigenvalue weighted by atomic mass is 9.44. The summed E-state index contributed by atoms with van der Waals surface area (Å²) in [6, 6.07) is 0. The van der Waals surface area contributed by atoms with Crippen LogP contribution in [-0.4, -0.2) is 22.9 Å². The van der Waals surface area contributed by atoms with Gasteiger partial charge >= 0.3 is 0 Å². The van der Waals surface area contributed by atoms with E-state index in [1.54, 1.807) is 0 Å². The third kappa shape index (κ3) is 2.21. The van der Waals surface area contributed by atoms with Gasteiger partial charge in [-0.15, -0.1) is 6.58 Å². The maximum absolute atomic E-state index is 10.0. The topological polar surface area (TPSA) is 29.5 Å². The highest BCUT2D eigenvalue weighted by atomic mass is 16.5. The van der Waals surface area contributed by atoms with Crippen molar-refractivity contribution in [2.75, 3.05) is 6.61 Å². The number of rotatable bonds is 2. The molecule has 6 atom stereocenters. The van der Waals surface area contributed by atoms with Crippen molar-refractivity contribution in [1.29, 1.82) is 0 Å². The summed E-state index contributed by atoms with van der Waals surface area (Å²) in [6.07, 6.45) is 10.3. The van der Waals surface area contributed by atoms with Crippen LogP contribution in [0.2, 0.25) is 0 Å². The van der Waals surface area contributed by atoms with E-state index in [-0.39, 0.29) is 16.6 Å². The number of hydrogen-bond acceptors (Lipinski definition) is 2. The van der Waals surface area contributed by atoms with E-state index in [0.717, 1.165) is 12.8 Å². The third-order valence-electron chi connectivity index (χ3n) is 7.75. The average Bonchev–Trinajstić information content (AvgIpc) is 2.46. The zero-order chi connectivity index (χ0) is 16.2. The molecule has 1 heterocycles. The lowest BCUT2D eigenvalue weighted by molar-refractivity contribution is -0.256. The van der Waals surface area contributed by atoms with Gasteiger partial charge in [-0.25, -0.2) is 0 Å². The van der Waals surface area contributed by atoms with E-state index in [1.165, 1.54) is 32.1 Å². The Labute approximate surface area is 136 Å². The minimum absolute atomic E-state index is 0.0276. The van der Waals surface area contributed by atoms with Crippen LogP contribution in [0.25, 0.3) is 0 Å². The second-order valence-corrected chi connectivity index (χ2v) is 9.29. The maximum atomic E-state index is 10.0. The van der Waals surface area contributed by atoms with Crippen molar-refractivity contribution in [3.63, 3.8) is 0 Å². The molecule has 0 spiro atoms. The van der Waals surface area contributed by atoms with Gasteiger partial charge in [-0.2, -0.15) is 0 Å². The summed E-state index contributed by atoms with van der Waals surface area (Å²) in [5.74, 6) is 1.24. The molecule has 0 aromatic carbocycles. The fourth-order valence-corrected chi connectivity index (χ4v) is 6.52. The zero-order valence-corrected chi connectivity index (χ0v) is 15.0. The summed E-state index contributed by atoms with van der Waals surface area (Å²) in [4.78, 5) is 0. The van der Waals surface area contributed by atoms with Gasteiger partial charge in [-0.05, 0) is 75.0 Å². The first kappa shape index (κ1) is 16.5. The zero-order valence-electron chi connectivity index (χ0n) is 15.0. The summed E-state index contributed by atoms with van der Waals surface area (Å²) in [5.41, 5.74) is 0.224. The molecule has 126 valence electrons. The van der Waals surface area contributed by atoms with Crippen LogP contribution < -0.4 is 0 Å². The minimum Gasteiger partial charge on any atom is -0.396 e. The van der Waals surface area contributed by atoms with Crippen molar-refractivity contribution < 1.29 is 9.84 Å². The van der Waals surface area contributed by atoms with Gasteiger partial charge in [-0.1, -0.05) is 26.3 Å². The van der Waals surface area contributed by atoms with Crippen molar-refractivity contribution in [3.8, 4) is 0 Å². The Kier molecular flexibility index (Phi) is 3.81. The van der Waals surface area contributed by atoms with Crippen molar-refractivity contribution in [2.24, 2.45) is 22.7 Å². The van der Waals surface area contributed by atoms with E-state index in [9.17, 15) is 5.11 Å². The normalized spacial score (nSPS) is 55.1. The average molecular weight is 306 g/mol. The Hall–Kier alpha value is -0.340. The Morgan fingerprint density at radius 2 is 1.73 bits per heavy atom. The Morgan fingerprint density at radius 1 is 1.05 bits per heavy atom. The molecule has 0 radical (unpaired) electrons. The molecule has 3 fully saturated rings. The molecule has 2 saturated carbocycles. The van der Waals surface area contributed by atoms with E-state index in [2.05, 4.69) is 34.3 Å². The standard InChI is InChI=1S/C20H34O2/c1-6-18(3)12-8-16-19(4)11-7-10-17(2,14-21)15(19)9-13-20(16,5)22-18/h6,15-16,21H,1,7-14H2,2-5H3/t15-,16+,17-,18-,19-,20+/m0/s1. The highest BCUT2D eigenvalue weighted by molar-refractivity contribution is 5.13. The van der Waals surface area contributed by atoms with Crippen molar-refractivity contribution in [1.82, 2.24) is 0 Å². The van der Waals surface area contributed by atoms with E-state index < -0.39 is 0 Å². The molecule has 0 unspecified atom stereocenters. The van der Waals surface area contributed by atoms with E-state index in [0.29, 0.717) is 23.9 Å². The van der Waals surface area contributed by atoms with Crippen molar-refractivity contribution >= 4 is 0 Å². The molecule has 0 bridgehead atoms. The molecule has 3 rings (SSSR count). The predicted octanol–water partition coefficient (Wildman–Crippen LogP) is 4.72. The number of aliphatic hydroxyl groups excluding tert-OH is 1. The van der Waals surface area contributed by atoms with E-state index in [1.807, 2.05) is 6.08 Å². The van der Waals surface area contributed by atoms with Gasteiger partial charge in [0.1, 0.15) is 0 Å². The monoisotopic (exact) mass is 306 g/mol. The molecule has 2 heteroatoms. The van der Waals surface area contributed by atoms with Crippen LogP contribution in [-0.2, 0) is 4.74 Å². The second kappa shape index (κ2) is 5.08. The van der Waals surface area contributed by atoms with Gasteiger partial charge in [0.15, 0.2) is 0 Å². The second-order valence-electron chi connectivity index (χ2n) is 9.29. The molecule has 1 N–H and O–H groups in total. The molecule has 1 aliphatic heterocycles. The summed E-state index contributed by atoms with van der Waals surface area (Å²) in [7, 11) is 0. The van der Waals surface area contributed by atoms with Gasteiger partial charge in [0.25, 0.3) is 0 Å². The number of aliphatic hydroxyl groups is 1. The van der Waals surface area contributed by atoms with Crippen LogP contribution in [0.5, 0.6) is 0 Å². The fraction of sp³-hybridized carbons (Fsp3) is 0.900. The summed E-state index contributed by atoms with van der Waals surface area (Å²) in [5, 5.41) is 10.0. The minimum atomic E-state index is -0.163. The van der Waals surface area contributed by atoms with Crippen molar-refractivity contribution in [3.05, 3.63) is 12.7 Å². The molecule has 3 aliphatic rings. The predicted molar refractivity (Wildman–Crippen MR) is 90.7 cm³/mol. The van der Waals surface area contributed by atoms with Gasteiger partial charge in [-0.3, -0.25) is 0 Å². The summed E-state index contributed by atoms with van der Waals surface area (Å²) < 4.78 is 6.65. The number of hydrogen-bond donors (Lipinski definition) is 1. The van der Waals surface area contributed by atoms with E-state index in [4.69, 9.17) is 4.74 Å². The summed E-state index contributed by atoms with van der Waals surface area (Å²) >= 11 is 0. The van der Waals surface area contributed by atoms with Crippen LogP contribution in [0.1, 0.15) is 72.6 Å². The van der Waals surface area contributed by atoms with E-state index >= 15 is 0 Å². The highest BCUT2D eigenvalue weighted by Crippen LogP contribution is 2.65. The van der Waals surface area contributed by atoms with Crippen LogP contribution in [0, 0.1) is 22.7 Å². The largest absolute Gasteiger partial charge is 0.396 e. The first-order valence-electron chi connectivity index (χ1n) is 9.16. The van der Waals surface area contributed by atoms with Gasteiger partial charge in [0.05, 0.1) is 11.2 Å². The number of fused-ring (bicyclic) bond motifs is 3. The number of ether oxygens (including phenoxy) is 1. The Morgan fingerprint density at radius 3 is 2.36 bits per heavy atom. The molecule has 1 saturated heterocycles. The first-order chi connectivity index (χ1) is 10.2. The molecular weight excluding hydrogens is 272 g/mol. The Balaban J connectivity index is 1.94. The molecule has 0 amide bonds. The molecule has 2 aliphatic carbocycles. The lowest BCUT2D eigenvalue weighted by Crippen LogP contribution is -2.63. The SMILES string of the molecule is C=C[C@@]1(C)CC[C@@H]2[C@@]3(C)CCC[C@@](C)(CO)[C@@H]3CC[C@@]2(C)O1. The van der Waals surface area contributed by atoms with Crippen molar-refractivity contribution in [2.45, 2.75) is 83.8 Å². The van der Waals surface area contributed by atoms with Crippen LogP contribution in [0.3, 0.4) is 0 Å². The summed E-state index contributed by atoms with van der Waals surface area (Å²) in [6.45, 7) is 13.7. The molecule has 0 aromatic rings. The quantitative estimate of drug-likeness (QED) is 0.748. The van der Waals surface area contributed by atoms with Gasteiger partial charge in [0.2, 0.25) is 0 Å². The molecule has 0 aromatic heterocycles. The first-order valence-corrected chi connectivity index (χ1v) is 9.16. The van der Waals surface area contributed by atoms with Gasteiger partial charge in [0, 0.05) is 6.61 Å². The third-order valence-corrected chi connectivity index (χ3v) is 7.75. The van der Waals surface area contributed by atoms with Crippen LogP contribution in [0.4, 0.5) is 0 Å². The van der Waals surface area contributed by atoms with Crippen LogP contribution in [0.15, 0.2) is 12.7 Å². The molecule has 2 nitrogen and oxygen atoms in total. The molecule has 22 heavy (non-hydrogen) atoms. The molecular formula is C20H34O2. The highest BCUT2D eigenvalue weighted by Gasteiger charge is 2.61.